The molecule has 2 heterocycles. The van der Waals surface area contributed by atoms with Crippen LogP contribution in [0.25, 0.3) is 0 Å². The number of hydrogen-bond acceptors (Lipinski definition) is 4. The van der Waals surface area contributed by atoms with E-state index in [2.05, 4.69) is 37.6 Å². The Hall–Kier alpha value is -1.95. The molecule has 1 aromatic carbocycles. The summed E-state index contributed by atoms with van der Waals surface area (Å²) in [6.45, 7) is 7.81. The summed E-state index contributed by atoms with van der Waals surface area (Å²) in [4.78, 5) is 9.45. The number of methoxy groups -OCH3 is 1. The lowest BCUT2D eigenvalue weighted by molar-refractivity contribution is 0.282. The summed E-state index contributed by atoms with van der Waals surface area (Å²) in [6.07, 6.45) is 7.90. The zero-order valence-corrected chi connectivity index (χ0v) is 18.3. The van der Waals surface area contributed by atoms with Crippen molar-refractivity contribution in [1.82, 2.24) is 15.5 Å². The first-order valence-electron chi connectivity index (χ1n) is 11.3. The molecule has 1 atom stereocenters. The van der Waals surface area contributed by atoms with Gasteiger partial charge in [0.15, 0.2) is 5.96 Å². The van der Waals surface area contributed by atoms with Crippen molar-refractivity contribution < 1.29 is 4.74 Å². The maximum Gasteiger partial charge on any atom is 0.190 e. The monoisotopic (exact) mass is 401 g/mol. The van der Waals surface area contributed by atoms with Gasteiger partial charge in [-0.15, -0.1) is 0 Å². The van der Waals surface area contributed by atoms with E-state index in [4.69, 9.17) is 4.74 Å². The van der Waals surface area contributed by atoms with Crippen LogP contribution in [0.15, 0.2) is 29.3 Å². The zero-order valence-electron chi connectivity index (χ0n) is 18.3. The maximum atomic E-state index is 5.52. The van der Waals surface area contributed by atoms with Gasteiger partial charge in [-0.05, 0) is 63.4 Å². The molecular weight excluding hydrogens is 362 g/mol. The highest BCUT2D eigenvalue weighted by Crippen LogP contribution is 2.31. The van der Waals surface area contributed by atoms with Crippen LogP contribution in [-0.4, -0.2) is 70.8 Å². The second-order valence-corrected chi connectivity index (χ2v) is 8.26. The van der Waals surface area contributed by atoms with Crippen LogP contribution in [0, 0.1) is 5.92 Å². The summed E-state index contributed by atoms with van der Waals surface area (Å²) >= 11 is 0. The van der Waals surface area contributed by atoms with Gasteiger partial charge in [-0.1, -0.05) is 25.0 Å². The molecule has 2 N–H and O–H groups in total. The SMILES string of the molecule is CN=C(NCCCN1CCCCCC1)NCC1CCN(c2ccccc2OC)C1. The Morgan fingerprint density at radius 2 is 1.90 bits per heavy atom. The van der Waals surface area contributed by atoms with Crippen LogP contribution in [0.3, 0.4) is 0 Å². The van der Waals surface area contributed by atoms with Crippen molar-refractivity contribution in [2.45, 2.75) is 38.5 Å². The molecule has 0 spiro atoms. The number of anilines is 1. The normalized spacial score (nSPS) is 21.1. The first-order valence-corrected chi connectivity index (χ1v) is 11.3. The maximum absolute atomic E-state index is 5.52. The molecule has 2 aliphatic heterocycles. The summed E-state index contributed by atoms with van der Waals surface area (Å²) in [5.74, 6) is 2.51. The second kappa shape index (κ2) is 11.9. The summed E-state index contributed by atoms with van der Waals surface area (Å²) in [5.41, 5.74) is 1.20. The van der Waals surface area contributed by atoms with E-state index in [-0.39, 0.29) is 0 Å². The number of guanidine groups is 1. The van der Waals surface area contributed by atoms with E-state index < -0.39 is 0 Å². The van der Waals surface area contributed by atoms with E-state index in [0.717, 1.165) is 37.9 Å². The van der Waals surface area contributed by atoms with Crippen LogP contribution in [0.2, 0.25) is 0 Å². The lowest BCUT2D eigenvalue weighted by Gasteiger charge is -2.22. The second-order valence-electron chi connectivity index (χ2n) is 8.26. The number of para-hydroxylation sites is 2. The lowest BCUT2D eigenvalue weighted by atomic mass is 10.1. The predicted octanol–water partition coefficient (Wildman–Crippen LogP) is 2.95. The van der Waals surface area contributed by atoms with E-state index >= 15 is 0 Å². The average molecular weight is 402 g/mol. The fourth-order valence-electron chi connectivity index (χ4n) is 4.44. The van der Waals surface area contributed by atoms with E-state index in [0.29, 0.717) is 5.92 Å². The third-order valence-corrected chi connectivity index (χ3v) is 6.14. The van der Waals surface area contributed by atoms with Crippen LogP contribution < -0.4 is 20.3 Å². The topological polar surface area (TPSA) is 52.1 Å². The molecule has 0 aromatic heterocycles. The third-order valence-electron chi connectivity index (χ3n) is 6.14. The number of benzene rings is 1. The molecule has 2 fully saturated rings. The smallest absolute Gasteiger partial charge is 0.190 e. The Bertz CT molecular complexity index is 627. The van der Waals surface area contributed by atoms with E-state index in [1.54, 1.807) is 7.11 Å². The molecule has 0 aliphatic carbocycles. The minimum absolute atomic E-state index is 0.621. The Kier molecular flexibility index (Phi) is 8.93. The number of aliphatic imine (C=N–C) groups is 1. The molecule has 6 heteroatoms. The number of rotatable bonds is 8. The van der Waals surface area contributed by atoms with Gasteiger partial charge in [0, 0.05) is 33.2 Å². The van der Waals surface area contributed by atoms with Gasteiger partial charge in [0.1, 0.15) is 5.75 Å². The van der Waals surface area contributed by atoms with Gasteiger partial charge in [0.05, 0.1) is 12.8 Å². The van der Waals surface area contributed by atoms with E-state index in [1.165, 1.54) is 63.8 Å². The summed E-state index contributed by atoms with van der Waals surface area (Å²) < 4.78 is 5.52. The van der Waals surface area contributed by atoms with Gasteiger partial charge < -0.3 is 25.2 Å². The summed E-state index contributed by atoms with van der Waals surface area (Å²) in [5, 5.41) is 7.02. The fraction of sp³-hybridized carbons (Fsp3) is 0.696. The number of hydrogen-bond donors (Lipinski definition) is 2. The van der Waals surface area contributed by atoms with Crippen molar-refractivity contribution in [2.24, 2.45) is 10.9 Å². The minimum Gasteiger partial charge on any atom is -0.495 e. The Balaban J connectivity index is 1.34. The van der Waals surface area contributed by atoms with Crippen LogP contribution in [0.1, 0.15) is 38.5 Å². The van der Waals surface area contributed by atoms with Crippen molar-refractivity contribution in [3.63, 3.8) is 0 Å². The molecule has 0 saturated carbocycles. The molecule has 1 unspecified atom stereocenters. The van der Waals surface area contributed by atoms with E-state index in [1.807, 2.05) is 19.2 Å². The Morgan fingerprint density at radius 1 is 1.10 bits per heavy atom. The van der Waals surface area contributed by atoms with E-state index in [9.17, 15) is 0 Å². The largest absolute Gasteiger partial charge is 0.495 e. The molecule has 2 saturated heterocycles. The molecule has 6 nitrogen and oxygen atoms in total. The summed E-state index contributed by atoms with van der Waals surface area (Å²) in [7, 11) is 3.61. The summed E-state index contributed by atoms with van der Waals surface area (Å²) in [6, 6.07) is 8.30. The molecule has 3 rings (SSSR count). The van der Waals surface area contributed by atoms with Crippen LogP contribution >= 0.6 is 0 Å². The highest BCUT2D eigenvalue weighted by Gasteiger charge is 2.24. The minimum atomic E-state index is 0.621. The van der Waals surface area contributed by atoms with Gasteiger partial charge in [-0.3, -0.25) is 4.99 Å². The first kappa shape index (κ1) is 21.8. The van der Waals surface area contributed by atoms with Gasteiger partial charge in [-0.25, -0.2) is 0 Å². The van der Waals surface area contributed by atoms with Gasteiger partial charge >= 0.3 is 0 Å². The van der Waals surface area contributed by atoms with Crippen LogP contribution in [0.4, 0.5) is 5.69 Å². The molecule has 2 aliphatic rings. The highest BCUT2D eigenvalue weighted by atomic mass is 16.5. The standard InChI is InChI=1S/C23H39N5O/c1-24-23(25-13-9-16-27-14-7-3-4-8-15-27)26-18-20-12-17-28(19-20)21-10-5-6-11-22(21)29-2/h5-6,10-11,20H,3-4,7-9,12-19H2,1-2H3,(H2,24,25,26). The Morgan fingerprint density at radius 3 is 2.66 bits per heavy atom. The fourth-order valence-corrected chi connectivity index (χ4v) is 4.44. The van der Waals surface area contributed by atoms with Crippen LogP contribution in [0.5, 0.6) is 5.75 Å². The van der Waals surface area contributed by atoms with Crippen molar-refractivity contribution in [2.75, 3.05) is 64.9 Å². The molecule has 0 amide bonds. The van der Waals surface area contributed by atoms with Gasteiger partial charge in [0.2, 0.25) is 0 Å². The quantitative estimate of drug-likeness (QED) is 0.398. The van der Waals surface area contributed by atoms with Crippen molar-refractivity contribution >= 4 is 11.6 Å². The average Bonchev–Trinajstić information content (AvgIpc) is 3.08. The van der Waals surface area contributed by atoms with Gasteiger partial charge in [0.25, 0.3) is 0 Å². The Labute approximate surface area is 176 Å². The number of nitrogens with one attached hydrogen (secondary N) is 2. The number of likely N-dealkylation sites (tertiary alicyclic amines) is 1. The number of ether oxygens (including phenoxy) is 1. The third kappa shape index (κ3) is 6.81. The first-order chi connectivity index (χ1) is 14.3. The van der Waals surface area contributed by atoms with Gasteiger partial charge in [-0.2, -0.15) is 0 Å². The molecule has 162 valence electrons. The van der Waals surface area contributed by atoms with Crippen molar-refractivity contribution in [3.8, 4) is 5.75 Å². The highest BCUT2D eigenvalue weighted by molar-refractivity contribution is 5.79. The molecule has 1 aromatic rings. The van der Waals surface area contributed by atoms with Crippen LogP contribution in [-0.2, 0) is 0 Å². The molecule has 29 heavy (non-hydrogen) atoms. The lowest BCUT2D eigenvalue weighted by Crippen LogP contribution is -2.41. The number of nitrogens with zero attached hydrogens (tertiary/aromatic N) is 3. The molecular formula is C23H39N5O. The zero-order chi connectivity index (χ0) is 20.3. The molecule has 0 radical (unpaired) electrons. The van der Waals surface area contributed by atoms with Crippen molar-refractivity contribution in [3.05, 3.63) is 24.3 Å². The molecule has 0 bridgehead atoms. The predicted molar refractivity (Wildman–Crippen MR) is 122 cm³/mol. The van der Waals surface area contributed by atoms with Crippen molar-refractivity contribution in [1.29, 1.82) is 0 Å².